The molecule has 1 aromatic heterocycles. The number of methoxy groups -OCH3 is 1. The normalized spacial score (nSPS) is 14.4. The Labute approximate surface area is 229 Å². The van der Waals surface area contributed by atoms with Gasteiger partial charge in [0.05, 0.1) is 7.11 Å². The second kappa shape index (κ2) is 11.2. The number of hydrogen-bond acceptors (Lipinski definition) is 5. The number of benzene rings is 3. The molecule has 2 N–H and O–H groups in total. The Hall–Kier alpha value is -4.37. The SMILES string of the molecule is COc1ccc(-c2cnc(O)c(C(c3ccccc3)C(O)(CCN(C)C)C3=C=C=Cc4ccccc43)c2)cc1. The van der Waals surface area contributed by atoms with Crippen LogP contribution in [0.15, 0.2) is 103 Å². The third kappa shape index (κ3) is 5.31. The molecule has 1 aliphatic carbocycles. The lowest BCUT2D eigenvalue weighted by molar-refractivity contribution is 0.0659. The average Bonchev–Trinajstić information content (AvgIpc) is 2.97. The molecule has 4 aromatic rings. The number of aliphatic hydroxyl groups is 1. The van der Waals surface area contributed by atoms with Crippen LogP contribution >= 0.6 is 0 Å². The van der Waals surface area contributed by atoms with Crippen molar-refractivity contribution >= 4 is 11.6 Å². The summed E-state index contributed by atoms with van der Waals surface area (Å²) in [5.41, 5.74) is 10.6. The van der Waals surface area contributed by atoms with Crippen LogP contribution in [0.2, 0.25) is 0 Å². The second-order valence-corrected chi connectivity index (χ2v) is 10.1. The molecule has 5 nitrogen and oxygen atoms in total. The summed E-state index contributed by atoms with van der Waals surface area (Å²) in [6.07, 6.45) is 3.93. The Kier molecular flexibility index (Phi) is 7.51. The van der Waals surface area contributed by atoms with Crippen molar-refractivity contribution in [2.75, 3.05) is 27.7 Å². The van der Waals surface area contributed by atoms with E-state index in [2.05, 4.69) is 16.4 Å². The standard InChI is InChI=1S/C34H32N2O3/c1-36(2)21-20-34(38,31-15-9-13-25-10-7-8-14-29(25)31)32(26-11-5-4-6-12-26)30-22-27(23-35-33(30)37)24-16-18-28(39-3)19-17-24/h4-8,10-14,16-19,22-23,32,38H,20-21H2,1-3H3,(H,35,37). The van der Waals surface area contributed by atoms with Crippen molar-refractivity contribution in [1.29, 1.82) is 0 Å². The molecule has 0 amide bonds. The monoisotopic (exact) mass is 516 g/mol. The Morgan fingerprint density at radius 1 is 0.949 bits per heavy atom. The highest BCUT2D eigenvalue weighted by molar-refractivity contribution is 5.82. The molecule has 0 saturated carbocycles. The van der Waals surface area contributed by atoms with Gasteiger partial charge < -0.3 is 19.8 Å². The Balaban J connectivity index is 1.74. The summed E-state index contributed by atoms with van der Waals surface area (Å²) in [6, 6.07) is 27.4. The maximum Gasteiger partial charge on any atom is 0.214 e. The highest BCUT2D eigenvalue weighted by Gasteiger charge is 2.45. The summed E-state index contributed by atoms with van der Waals surface area (Å²) >= 11 is 0. The van der Waals surface area contributed by atoms with Crippen molar-refractivity contribution in [3.05, 3.63) is 125 Å². The number of aromatic hydroxyl groups is 1. The van der Waals surface area contributed by atoms with Gasteiger partial charge in [0.1, 0.15) is 11.4 Å². The van der Waals surface area contributed by atoms with Gasteiger partial charge in [-0.05, 0) is 67.0 Å². The minimum absolute atomic E-state index is 0.117. The van der Waals surface area contributed by atoms with Gasteiger partial charge in [-0.15, -0.1) is 0 Å². The van der Waals surface area contributed by atoms with Gasteiger partial charge in [-0.2, -0.15) is 0 Å². The zero-order valence-electron chi connectivity index (χ0n) is 22.4. The third-order valence-corrected chi connectivity index (χ3v) is 7.27. The summed E-state index contributed by atoms with van der Waals surface area (Å²) in [5, 5.41) is 24.1. The number of rotatable bonds is 9. The topological polar surface area (TPSA) is 65.8 Å². The Morgan fingerprint density at radius 2 is 1.67 bits per heavy atom. The van der Waals surface area contributed by atoms with Gasteiger partial charge in [0.15, 0.2) is 0 Å². The number of hydrogen-bond donors (Lipinski definition) is 2. The largest absolute Gasteiger partial charge is 0.497 e. The second-order valence-electron chi connectivity index (χ2n) is 10.1. The van der Waals surface area contributed by atoms with Gasteiger partial charge >= 0.3 is 0 Å². The van der Waals surface area contributed by atoms with E-state index in [1.165, 1.54) is 0 Å². The molecule has 2 unspecified atom stereocenters. The molecular weight excluding hydrogens is 484 g/mol. The molecule has 0 aliphatic heterocycles. The summed E-state index contributed by atoms with van der Waals surface area (Å²) in [7, 11) is 5.61. The molecule has 0 radical (unpaired) electrons. The number of fused-ring (bicyclic) bond motifs is 1. The lowest BCUT2D eigenvalue weighted by atomic mass is 9.69. The maximum absolute atomic E-state index is 12.9. The fourth-order valence-corrected chi connectivity index (χ4v) is 5.24. The van der Waals surface area contributed by atoms with E-state index in [1.807, 2.05) is 110 Å². The van der Waals surface area contributed by atoms with Crippen molar-refractivity contribution in [1.82, 2.24) is 9.88 Å². The molecule has 196 valence electrons. The van der Waals surface area contributed by atoms with E-state index in [1.54, 1.807) is 13.3 Å². The van der Waals surface area contributed by atoms with Crippen LogP contribution in [0.3, 0.4) is 0 Å². The molecule has 2 atom stereocenters. The van der Waals surface area contributed by atoms with Crippen molar-refractivity contribution in [3.63, 3.8) is 0 Å². The summed E-state index contributed by atoms with van der Waals surface area (Å²) in [6.45, 7) is 0.614. The molecule has 1 aliphatic rings. The Bertz CT molecular complexity index is 1560. The molecule has 3 aromatic carbocycles. The first kappa shape index (κ1) is 26.2. The fraction of sp³-hybridized carbons (Fsp3) is 0.206. The molecule has 5 rings (SSSR count). The van der Waals surface area contributed by atoms with Crippen LogP contribution in [0, 0.1) is 0 Å². The first-order chi connectivity index (χ1) is 18.9. The van der Waals surface area contributed by atoms with Crippen molar-refractivity contribution in [2.45, 2.75) is 17.9 Å². The van der Waals surface area contributed by atoms with Gasteiger partial charge in [0.25, 0.3) is 0 Å². The van der Waals surface area contributed by atoms with Gasteiger partial charge in [-0.3, -0.25) is 0 Å². The van der Waals surface area contributed by atoms with E-state index < -0.39 is 11.5 Å². The first-order valence-corrected chi connectivity index (χ1v) is 13.0. The zero-order chi connectivity index (χ0) is 27.4. The van der Waals surface area contributed by atoms with E-state index in [9.17, 15) is 10.2 Å². The lowest BCUT2D eigenvalue weighted by Gasteiger charge is -2.39. The van der Waals surface area contributed by atoms with Crippen LogP contribution in [0.1, 0.15) is 34.6 Å². The van der Waals surface area contributed by atoms with Gasteiger partial charge in [0, 0.05) is 35.4 Å². The summed E-state index contributed by atoms with van der Waals surface area (Å²) in [5.74, 6) is 0.00194. The van der Waals surface area contributed by atoms with E-state index in [4.69, 9.17) is 4.74 Å². The summed E-state index contributed by atoms with van der Waals surface area (Å²) in [4.78, 5) is 6.44. The molecular formula is C34H32N2O3. The Morgan fingerprint density at radius 3 is 2.38 bits per heavy atom. The van der Waals surface area contributed by atoms with Crippen LogP contribution in [0.4, 0.5) is 0 Å². The molecule has 0 spiro atoms. The molecule has 0 bridgehead atoms. The number of ether oxygens (including phenoxy) is 1. The van der Waals surface area contributed by atoms with Crippen LogP contribution < -0.4 is 4.74 Å². The predicted molar refractivity (Wildman–Crippen MR) is 156 cm³/mol. The van der Waals surface area contributed by atoms with Crippen LogP contribution in [-0.2, 0) is 0 Å². The number of nitrogens with zero attached hydrogens (tertiary/aromatic N) is 2. The molecule has 39 heavy (non-hydrogen) atoms. The van der Waals surface area contributed by atoms with Gasteiger partial charge in [-0.1, -0.05) is 78.2 Å². The smallest absolute Gasteiger partial charge is 0.214 e. The van der Waals surface area contributed by atoms with Crippen molar-refractivity contribution in [3.8, 4) is 22.8 Å². The maximum atomic E-state index is 12.9. The van der Waals surface area contributed by atoms with E-state index in [0.29, 0.717) is 24.1 Å². The van der Waals surface area contributed by atoms with Crippen LogP contribution in [-0.4, -0.2) is 53.4 Å². The van der Waals surface area contributed by atoms with E-state index >= 15 is 0 Å². The minimum Gasteiger partial charge on any atom is -0.497 e. The lowest BCUT2D eigenvalue weighted by Crippen LogP contribution is -2.41. The summed E-state index contributed by atoms with van der Waals surface area (Å²) < 4.78 is 5.32. The number of aromatic nitrogens is 1. The fourth-order valence-electron chi connectivity index (χ4n) is 5.24. The first-order valence-electron chi connectivity index (χ1n) is 13.0. The number of pyridine rings is 1. The molecule has 5 heteroatoms. The molecule has 1 heterocycles. The average molecular weight is 517 g/mol. The highest BCUT2D eigenvalue weighted by atomic mass is 16.5. The molecule has 0 fully saturated rings. The quantitative estimate of drug-likeness (QED) is 0.262. The van der Waals surface area contributed by atoms with E-state index in [-0.39, 0.29) is 5.88 Å². The predicted octanol–water partition coefficient (Wildman–Crippen LogP) is 6.14. The minimum atomic E-state index is -1.44. The van der Waals surface area contributed by atoms with Crippen molar-refractivity contribution < 1.29 is 14.9 Å². The van der Waals surface area contributed by atoms with Gasteiger partial charge in [0.2, 0.25) is 5.88 Å². The van der Waals surface area contributed by atoms with Gasteiger partial charge in [-0.25, -0.2) is 4.98 Å². The van der Waals surface area contributed by atoms with E-state index in [0.717, 1.165) is 33.6 Å². The van der Waals surface area contributed by atoms with Crippen LogP contribution in [0.5, 0.6) is 11.6 Å². The highest BCUT2D eigenvalue weighted by Crippen LogP contribution is 2.48. The zero-order valence-corrected chi connectivity index (χ0v) is 22.4. The molecule has 0 saturated heterocycles. The van der Waals surface area contributed by atoms with Crippen molar-refractivity contribution in [2.24, 2.45) is 0 Å². The van der Waals surface area contributed by atoms with Crippen LogP contribution in [0.25, 0.3) is 22.8 Å². The third-order valence-electron chi connectivity index (χ3n) is 7.27.